The molecule has 0 radical (unpaired) electrons. The second-order valence-electron chi connectivity index (χ2n) is 5.03. The summed E-state index contributed by atoms with van der Waals surface area (Å²) >= 11 is 0. The molecule has 2 aromatic rings. The number of para-hydroxylation sites is 1. The fourth-order valence-corrected chi connectivity index (χ4v) is 2.52. The fraction of sp³-hybridized carbons (Fsp3) is 0.400. The average Bonchev–Trinajstić information content (AvgIpc) is 3.06. The minimum Gasteiger partial charge on any atom is -0.370 e. The van der Waals surface area contributed by atoms with Gasteiger partial charge in [-0.1, -0.05) is 18.2 Å². The number of nitrogens with two attached hydrogens (primary N) is 1. The van der Waals surface area contributed by atoms with Gasteiger partial charge in [0.2, 0.25) is 0 Å². The molecule has 100 valence electrons. The molecule has 2 unspecified atom stereocenters. The van der Waals surface area contributed by atoms with E-state index in [0.717, 1.165) is 24.2 Å². The van der Waals surface area contributed by atoms with Gasteiger partial charge in [-0.15, -0.1) is 0 Å². The van der Waals surface area contributed by atoms with Crippen LogP contribution in [0.3, 0.4) is 0 Å². The van der Waals surface area contributed by atoms with Crippen LogP contribution in [0, 0.1) is 0 Å². The first-order valence-electron chi connectivity index (χ1n) is 6.80. The zero-order valence-corrected chi connectivity index (χ0v) is 10.9. The van der Waals surface area contributed by atoms with Gasteiger partial charge in [0.15, 0.2) is 0 Å². The molecule has 1 aromatic heterocycles. The normalized spacial score (nSPS) is 22.8. The first-order valence-corrected chi connectivity index (χ1v) is 6.80. The van der Waals surface area contributed by atoms with E-state index in [0.29, 0.717) is 6.61 Å². The molecular formula is C15H19N3O. The van der Waals surface area contributed by atoms with E-state index in [4.69, 9.17) is 10.5 Å². The lowest BCUT2D eigenvalue weighted by Gasteiger charge is -2.15. The smallest absolute Gasteiger partial charge is 0.0911 e. The van der Waals surface area contributed by atoms with Gasteiger partial charge in [-0.2, -0.15) is 5.10 Å². The second-order valence-corrected chi connectivity index (χ2v) is 5.03. The zero-order chi connectivity index (χ0) is 13.1. The molecule has 2 N–H and O–H groups in total. The molecule has 1 heterocycles. The van der Waals surface area contributed by atoms with Crippen LogP contribution in [-0.4, -0.2) is 21.9 Å². The highest BCUT2D eigenvalue weighted by atomic mass is 16.5. The zero-order valence-electron chi connectivity index (χ0n) is 10.9. The molecule has 3 rings (SSSR count). The van der Waals surface area contributed by atoms with Crippen molar-refractivity contribution in [3.63, 3.8) is 0 Å². The predicted molar refractivity (Wildman–Crippen MR) is 74.0 cm³/mol. The molecule has 0 bridgehead atoms. The highest BCUT2D eigenvalue weighted by molar-refractivity contribution is 5.30. The molecule has 1 saturated carbocycles. The van der Waals surface area contributed by atoms with Crippen molar-refractivity contribution in [1.29, 1.82) is 0 Å². The molecule has 4 nitrogen and oxygen atoms in total. The van der Waals surface area contributed by atoms with Crippen LogP contribution in [0.15, 0.2) is 42.6 Å². The third kappa shape index (κ3) is 2.85. The third-order valence-corrected chi connectivity index (χ3v) is 3.61. The summed E-state index contributed by atoms with van der Waals surface area (Å²) in [6, 6.07) is 12.3. The molecule has 4 heteroatoms. The largest absolute Gasteiger partial charge is 0.370 e. The number of ether oxygens (including phenoxy) is 1. The van der Waals surface area contributed by atoms with Crippen LogP contribution < -0.4 is 5.73 Å². The van der Waals surface area contributed by atoms with Crippen molar-refractivity contribution >= 4 is 0 Å². The standard InChI is InChI=1S/C15H19N3O/c16-14-7-4-8-15(14)19-11-12-9-10-18(17-12)13-5-2-1-3-6-13/h1-3,5-6,9-10,14-15H,4,7-8,11,16H2. The third-order valence-electron chi connectivity index (χ3n) is 3.61. The van der Waals surface area contributed by atoms with E-state index < -0.39 is 0 Å². The Balaban J connectivity index is 1.62. The fourth-order valence-electron chi connectivity index (χ4n) is 2.52. The van der Waals surface area contributed by atoms with Gasteiger partial charge in [0.1, 0.15) is 0 Å². The number of nitrogens with zero attached hydrogens (tertiary/aromatic N) is 2. The number of aromatic nitrogens is 2. The SMILES string of the molecule is NC1CCCC1OCc1ccn(-c2ccccc2)n1. The van der Waals surface area contributed by atoms with Gasteiger partial charge < -0.3 is 10.5 Å². The molecule has 1 aromatic carbocycles. The van der Waals surface area contributed by atoms with Gasteiger partial charge in [-0.3, -0.25) is 0 Å². The van der Waals surface area contributed by atoms with Crippen LogP contribution in [0.25, 0.3) is 5.69 Å². The molecule has 1 aliphatic rings. The molecule has 19 heavy (non-hydrogen) atoms. The van der Waals surface area contributed by atoms with Crippen molar-refractivity contribution in [2.24, 2.45) is 5.73 Å². The van der Waals surface area contributed by atoms with Crippen molar-refractivity contribution in [1.82, 2.24) is 9.78 Å². The lowest BCUT2D eigenvalue weighted by molar-refractivity contribution is 0.0338. The van der Waals surface area contributed by atoms with Crippen molar-refractivity contribution in [3.8, 4) is 5.69 Å². The molecular weight excluding hydrogens is 238 g/mol. The highest BCUT2D eigenvalue weighted by Gasteiger charge is 2.24. The van der Waals surface area contributed by atoms with Gasteiger partial charge in [0, 0.05) is 12.2 Å². The van der Waals surface area contributed by atoms with Gasteiger partial charge in [-0.05, 0) is 37.5 Å². The summed E-state index contributed by atoms with van der Waals surface area (Å²) in [4.78, 5) is 0. The maximum atomic E-state index is 5.99. The van der Waals surface area contributed by atoms with Crippen molar-refractivity contribution in [2.45, 2.75) is 38.0 Å². The van der Waals surface area contributed by atoms with Gasteiger partial charge in [0.05, 0.1) is 24.1 Å². The summed E-state index contributed by atoms with van der Waals surface area (Å²) in [7, 11) is 0. The van der Waals surface area contributed by atoms with Crippen LogP contribution >= 0.6 is 0 Å². The quantitative estimate of drug-likeness (QED) is 0.914. The van der Waals surface area contributed by atoms with Crippen molar-refractivity contribution < 1.29 is 4.74 Å². The van der Waals surface area contributed by atoms with E-state index in [9.17, 15) is 0 Å². The molecule has 0 amide bonds. The summed E-state index contributed by atoms with van der Waals surface area (Å²) in [5, 5.41) is 4.52. The Labute approximate surface area is 113 Å². The summed E-state index contributed by atoms with van der Waals surface area (Å²) < 4.78 is 7.72. The van der Waals surface area contributed by atoms with Crippen molar-refractivity contribution in [3.05, 3.63) is 48.3 Å². The summed E-state index contributed by atoms with van der Waals surface area (Å²) in [6.07, 6.45) is 5.47. The predicted octanol–water partition coefficient (Wildman–Crippen LogP) is 2.27. The molecule has 0 spiro atoms. The maximum absolute atomic E-state index is 5.99. The Kier molecular flexibility index (Phi) is 3.62. The Bertz CT molecular complexity index is 523. The van der Waals surface area contributed by atoms with Crippen LogP contribution in [0.5, 0.6) is 0 Å². The Morgan fingerprint density at radius 3 is 2.79 bits per heavy atom. The Morgan fingerprint density at radius 2 is 2.05 bits per heavy atom. The number of hydrogen-bond acceptors (Lipinski definition) is 3. The van der Waals surface area contributed by atoms with Crippen LogP contribution in [0.2, 0.25) is 0 Å². The van der Waals surface area contributed by atoms with Crippen LogP contribution in [0.4, 0.5) is 0 Å². The number of benzene rings is 1. The lowest BCUT2D eigenvalue weighted by atomic mass is 10.2. The lowest BCUT2D eigenvalue weighted by Crippen LogP contribution is -2.31. The van der Waals surface area contributed by atoms with E-state index in [1.165, 1.54) is 6.42 Å². The Hall–Kier alpha value is -1.65. The van der Waals surface area contributed by atoms with E-state index in [-0.39, 0.29) is 12.1 Å². The maximum Gasteiger partial charge on any atom is 0.0911 e. The monoisotopic (exact) mass is 257 g/mol. The molecule has 1 aliphatic carbocycles. The van der Waals surface area contributed by atoms with Gasteiger partial charge in [-0.25, -0.2) is 4.68 Å². The van der Waals surface area contributed by atoms with Crippen molar-refractivity contribution in [2.75, 3.05) is 0 Å². The minimum atomic E-state index is 0.191. The van der Waals surface area contributed by atoms with Gasteiger partial charge >= 0.3 is 0 Å². The van der Waals surface area contributed by atoms with E-state index in [1.54, 1.807) is 0 Å². The second kappa shape index (κ2) is 5.55. The van der Waals surface area contributed by atoms with Gasteiger partial charge in [0.25, 0.3) is 0 Å². The Morgan fingerprint density at radius 1 is 1.21 bits per heavy atom. The molecule has 0 aliphatic heterocycles. The summed E-state index contributed by atoms with van der Waals surface area (Å²) in [5.41, 5.74) is 8.00. The highest BCUT2D eigenvalue weighted by Crippen LogP contribution is 2.21. The first-order chi connectivity index (χ1) is 9.33. The first kappa shape index (κ1) is 12.4. The summed E-state index contributed by atoms with van der Waals surface area (Å²) in [6.45, 7) is 0.540. The molecule has 2 atom stereocenters. The number of hydrogen-bond donors (Lipinski definition) is 1. The van der Waals surface area contributed by atoms with E-state index in [2.05, 4.69) is 5.10 Å². The van der Waals surface area contributed by atoms with Crippen LogP contribution in [0.1, 0.15) is 25.0 Å². The topological polar surface area (TPSA) is 53.1 Å². The summed E-state index contributed by atoms with van der Waals surface area (Å²) in [5.74, 6) is 0. The minimum absolute atomic E-state index is 0.191. The van der Waals surface area contributed by atoms with E-state index in [1.807, 2.05) is 47.3 Å². The molecule has 0 saturated heterocycles. The van der Waals surface area contributed by atoms with Crippen LogP contribution in [-0.2, 0) is 11.3 Å². The van der Waals surface area contributed by atoms with E-state index >= 15 is 0 Å². The molecule has 1 fully saturated rings. The average molecular weight is 257 g/mol. The number of rotatable bonds is 4.